The number of carbonyl (C=O) groups excluding carboxylic acids is 1. The topological polar surface area (TPSA) is 94.7 Å². The lowest BCUT2D eigenvalue weighted by molar-refractivity contribution is -0.119. The second-order valence-electron chi connectivity index (χ2n) is 10.0. The molecule has 1 amide bonds. The first-order valence-corrected chi connectivity index (χ1v) is 13.3. The van der Waals surface area contributed by atoms with E-state index in [-0.39, 0.29) is 23.4 Å². The Labute approximate surface area is 230 Å². The van der Waals surface area contributed by atoms with Crippen molar-refractivity contribution in [3.8, 4) is 22.4 Å². The number of anilines is 1. The Bertz CT molecular complexity index is 1780. The van der Waals surface area contributed by atoms with E-state index in [1.54, 1.807) is 34.0 Å². The zero-order valence-corrected chi connectivity index (χ0v) is 22.4. The highest BCUT2D eigenvalue weighted by molar-refractivity contribution is 6.31. The first-order valence-electron chi connectivity index (χ1n) is 12.9. The normalized spacial score (nSPS) is 17.7. The van der Waals surface area contributed by atoms with Crippen molar-refractivity contribution in [2.24, 2.45) is 13.0 Å². The van der Waals surface area contributed by atoms with Gasteiger partial charge in [0.05, 0.1) is 35.5 Å². The second kappa shape index (κ2) is 10.1. The summed E-state index contributed by atoms with van der Waals surface area (Å²) in [6.07, 6.45) is 7.16. The highest BCUT2D eigenvalue weighted by atomic mass is 35.5. The zero-order chi connectivity index (χ0) is 27.1. The molecule has 1 N–H and O–H groups in total. The van der Waals surface area contributed by atoms with Gasteiger partial charge in [-0.05, 0) is 48.7 Å². The average molecular weight is 539 g/mol. The molecule has 2 atom stereocenters. The first-order chi connectivity index (χ1) is 18.9. The third-order valence-corrected chi connectivity index (χ3v) is 7.64. The van der Waals surface area contributed by atoms with E-state index < -0.39 is 0 Å². The lowest BCUT2D eigenvalue weighted by Crippen LogP contribution is -2.27. The Morgan fingerprint density at radius 2 is 1.85 bits per heavy atom. The molecule has 4 heterocycles. The summed E-state index contributed by atoms with van der Waals surface area (Å²) >= 11 is 6.37. The van der Waals surface area contributed by atoms with Crippen LogP contribution in [0.2, 0.25) is 5.02 Å². The SMILES string of the molecule is CC1CCCC(n2cnc(-c3cc(Cl)cc4cnn(C)c34)cc2=O)c2cc(ccn2)-c2ccccc2NC1=O. The van der Waals surface area contributed by atoms with Gasteiger partial charge in [0, 0.05) is 52.5 Å². The van der Waals surface area contributed by atoms with Crippen LogP contribution in [-0.2, 0) is 11.8 Å². The quantitative estimate of drug-likeness (QED) is 0.304. The molecule has 1 aliphatic rings. The number of carbonyl (C=O) groups is 1. The number of hydrogen-bond acceptors (Lipinski definition) is 5. The number of halogens is 1. The summed E-state index contributed by atoms with van der Waals surface area (Å²) < 4.78 is 3.40. The maximum atomic E-state index is 13.6. The number of aryl methyl sites for hydroxylation is 1. The van der Waals surface area contributed by atoms with Gasteiger partial charge in [-0.3, -0.25) is 23.8 Å². The molecule has 3 aromatic heterocycles. The molecule has 8 nitrogen and oxygen atoms in total. The van der Waals surface area contributed by atoms with Gasteiger partial charge in [0.15, 0.2) is 0 Å². The molecule has 6 rings (SSSR count). The van der Waals surface area contributed by atoms with E-state index >= 15 is 0 Å². The number of benzene rings is 2. The Balaban J connectivity index is 1.45. The van der Waals surface area contributed by atoms with E-state index in [2.05, 4.69) is 15.4 Å². The van der Waals surface area contributed by atoms with Gasteiger partial charge in [-0.1, -0.05) is 43.1 Å². The second-order valence-corrected chi connectivity index (χ2v) is 10.5. The summed E-state index contributed by atoms with van der Waals surface area (Å²) in [5, 5.41) is 8.86. The number of pyridine rings is 1. The van der Waals surface area contributed by atoms with Crippen LogP contribution in [0.3, 0.4) is 0 Å². The number of aromatic nitrogens is 5. The minimum absolute atomic E-state index is 0.0139. The smallest absolute Gasteiger partial charge is 0.254 e. The maximum absolute atomic E-state index is 13.6. The van der Waals surface area contributed by atoms with Crippen molar-refractivity contribution in [2.45, 2.75) is 32.2 Å². The van der Waals surface area contributed by atoms with E-state index in [0.29, 0.717) is 23.6 Å². The van der Waals surface area contributed by atoms with E-state index in [4.69, 9.17) is 16.6 Å². The highest BCUT2D eigenvalue weighted by Gasteiger charge is 2.23. The molecular weight excluding hydrogens is 512 g/mol. The molecule has 2 bridgehead atoms. The molecule has 9 heteroatoms. The van der Waals surface area contributed by atoms with Gasteiger partial charge in [-0.2, -0.15) is 5.10 Å². The van der Waals surface area contributed by atoms with Crippen LogP contribution in [0.5, 0.6) is 0 Å². The van der Waals surface area contributed by atoms with Crippen LogP contribution in [0.15, 0.2) is 78.1 Å². The minimum atomic E-state index is -0.336. The predicted octanol–water partition coefficient (Wildman–Crippen LogP) is 5.86. The lowest BCUT2D eigenvalue weighted by atomic mass is 9.95. The first kappa shape index (κ1) is 25.0. The molecule has 0 saturated heterocycles. The van der Waals surface area contributed by atoms with E-state index in [1.807, 2.05) is 62.5 Å². The van der Waals surface area contributed by atoms with E-state index in [1.165, 1.54) is 0 Å². The molecule has 2 unspecified atom stereocenters. The van der Waals surface area contributed by atoms with Gasteiger partial charge in [0.25, 0.3) is 5.56 Å². The summed E-state index contributed by atoms with van der Waals surface area (Å²) in [5.41, 5.74) is 5.30. The number of amides is 1. The van der Waals surface area contributed by atoms with E-state index in [0.717, 1.165) is 45.4 Å². The average Bonchev–Trinajstić information content (AvgIpc) is 3.30. The van der Waals surface area contributed by atoms with Crippen LogP contribution < -0.4 is 10.9 Å². The summed E-state index contributed by atoms with van der Waals surface area (Å²) in [5.74, 6) is -0.189. The Hall–Kier alpha value is -4.30. The molecular formula is C30H27ClN6O2. The van der Waals surface area contributed by atoms with Gasteiger partial charge >= 0.3 is 0 Å². The lowest BCUT2D eigenvalue weighted by Gasteiger charge is -2.22. The fraction of sp³-hybridized carbons (Fsp3) is 0.233. The fourth-order valence-corrected chi connectivity index (χ4v) is 5.58. The molecule has 39 heavy (non-hydrogen) atoms. The van der Waals surface area contributed by atoms with Crippen LogP contribution in [0.25, 0.3) is 33.3 Å². The number of hydrogen-bond donors (Lipinski definition) is 1. The molecule has 0 aliphatic carbocycles. The van der Waals surface area contributed by atoms with Gasteiger partial charge in [-0.15, -0.1) is 0 Å². The largest absolute Gasteiger partial charge is 0.325 e. The monoisotopic (exact) mass is 538 g/mol. The molecule has 0 saturated carbocycles. The third-order valence-electron chi connectivity index (χ3n) is 7.43. The molecule has 0 spiro atoms. The maximum Gasteiger partial charge on any atom is 0.254 e. The van der Waals surface area contributed by atoms with E-state index in [9.17, 15) is 9.59 Å². The number of rotatable bonds is 2. The molecule has 2 aromatic carbocycles. The summed E-state index contributed by atoms with van der Waals surface area (Å²) in [6, 6.07) is 16.5. The molecule has 1 aliphatic heterocycles. The Morgan fingerprint density at radius 3 is 2.69 bits per heavy atom. The van der Waals surface area contributed by atoms with Crippen LogP contribution in [0, 0.1) is 5.92 Å². The number of nitrogens with one attached hydrogen (secondary N) is 1. The predicted molar refractivity (Wildman–Crippen MR) is 153 cm³/mol. The van der Waals surface area contributed by atoms with Crippen LogP contribution in [0.1, 0.15) is 37.9 Å². The van der Waals surface area contributed by atoms with Gasteiger partial charge in [-0.25, -0.2) is 4.98 Å². The minimum Gasteiger partial charge on any atom is -0.325 e. The van der Waals surface area contributed by atoms with Crippen molar-refractivity contribution >= 4 is 34.1 Å². The van der Waals surface area contributed by atoms with Crippen molar-refractivity contribution in [3.63, 3.8) is 0 Å². The van der Waals surface area contributed by atoms with Crippen LogP contribution >= 0.6 is 11.6 Å². The highest BCUT2D eigenvalue weighted by Crippen LogP contribution is 2.33. The number of para-hydroxylation sites is 1. The third kappa shape index (κ3) is 4.72. The number of fused-ring (bicyclic) bond motifs is 5. The Morgan fingerprint density at radius 1 is 1.00 bits per heavy atom. The Kier molecular flexibility index (Phi) is 6.48. The number of nitrogens with zero attached hydrogens (tertiary/aromatic N) is 5. The van der Waals surface area contributed by atoms with Crippen molar-refractivity contribution in [1.82, 2.24) is 24.3 Å². The zero-order valence-electron chi connectivity index (χ0n) is 21.6. The standard InChI is InChI=1S/C30H27ClN6O2/c1-18-6-5-9-27(26-13-19(10-11-32-26)22-7-3-4-8-24(22)35-30(18)39)37-17-33-25(15-28(37)38)23-14-21(31)12-20-16-34-36(2)29(20)23/h3-4,7-8,10-18,27H,5-6,9H2,1-2H3,(H,35,39). The molecule has 0 radical (unpaired) electrons. The molecule has 0 fully saturated rings. The molecule has 196 valence electrons. The van der Waals surface area contributed by atoms with Crippen LogP contribution in [0.4, 0.5) is 5.69 Å². The molecule has 5 aromatic rings. The van der Waals surface area contributed by atoms with Crippen molar-refractivity contribution < 1.29 is 4.79 Å². The summed E-state index contributed by atoms with van der Waals surface area (Å²) in [7, 11) is 1.85. The fourth-order valence-electron chi connectivity index (χ4n) is 5.35. The van der Waals surface area contributed by atoms with Crippen molar-refractivity contribution in [3.05, 3.63) is 94.4 Å². The van der Waals surface area contributed by atoms with Crippen molar-refractivity contribution in [1.29, 1.82) is 0 Å². The van der Waals surface area contributed by atoms with Gasteiger partial charge < -0.3 is 5.32 Å². The van der Waals surface area contributed by atoms with Gasteiger partial charge in [0.1, 0.15) is 0 Å². The van der Waals surface area contributed by atoms with Gasteiger partial charge in [0.2, 0.25) is 5.91 Å². The summed E-state index contributed by atoms with van der Waals surface area (Å²) in [4.78, 5) is 35.9. The van der Waals surface area contributed by atoms with Crippen molar-refractivity contribution in [2.75, 3.05) is 5.32 Å². The summed E-state index contributed by atoms with van der Waals surface area (Å²) in [6.45, 7) is 1.93. The van der Waals surface area contributed by atoms with Crippen LogP contribution in [-0.4, -0.2) is 30.2 Å².